The van der Waals surface area contributed by atoms with Crippen molar-refractivity contribution in [2.45, 2.75) is 43.9 Å². The highest BCUT2D eigenvalue weighted by molar-refractivity contribution is 5.87. The molecule has 3 bridgehead atoms. The molecule has 4 fully saturated rings. The third kappa shape index (κ3) is 2.06. The first-order valence-corrected chi connectivity index (χ1v) is 11.4. The first-order chi connectivity index (χ1) is 14.2. The van der Waals surface area contributed by atoms with E-state index < -0.39 is 0 Å². The zero-order chi connectivity index (χ0) is 19.2. The van der Waals surface area contributed by atoms with Gasteiger partial charge in [0.15, 0.2) is 0 Å². The maximum atomic E-state index is 5.94. The van der Waals surface area contributed by atoms with Gasteiger partial charge in [0.1, 0.15) is 5.75 Å². The van der Waals surface area contributed by atoms with Crippen LogP contribution in [0.2, 0.25) is 0 Å². The highest BCUT2D eigenvalue weighted by Gasteiger charge is 2.71. The van der Waals surface area contributed by atoms with Gasteiger partial charge in [0.2, 0.25) is 0 Å². The van der Waals surface area contributed by atoms with Crippen LogP contribution in [0.25, 0.3) is 21.9 Å². The molecular formula is C28H28O. The Hall–Kier alpha value is -2.28. The Morgan fingerprint density at radius 2 is 1.62 bits per heavy atom. The van der Waals surface area contributed by atoms with Crippen molar-refractivity contribution in [1.29, 1.82) is 0 Å². The largest absolute Gasteiger partial charge is 0.496 e. The number of rotatable bonds is 3. The Kier molecular flexibility index (Phi) is 3.10. The van der Waals surface area contributed by atoms with Gasteiger partial charge in [-0.15, -0.1) is 0 Å². The predicted octanol–water partition coefficient (Wildman–Crippen LogP) is 6.98. The van der Waals surface area contributed by atoms with Gasteiger partial charge in [0.25, 0.3) is 0 Å². The van der Waals surface area contributed by atoms with Crippen molar-refractivity contribution >= 4 is 10.8 Å². The number of fused-ring (bicyclic) bond motifs is 3. The molecule has 4 aliphatic rings. The van der Waals surface area contributed by atoms with Crippen LogP contribution in [-0.2, 0) is 5.41 Å². The lowest BCUT2D eigenvalue weighted by Gasteiger charge is -2.49. The first-order valence-electron chi connectivity index (χ1n) is 11.4. The maximum absolute atomic E-state index is 5.94. The van der Waals surface area contributed by atoms with Crippen LogP contribution in [0.5, 0.6) is 5.75 Å². The van der Waals surface area contributed by atoms with Crippen LogP contribution in [0.1, 0.15) is 44.1 Å². The van der Waals surface area contributed by atoms with E-state index in [4.69, 9.17) is 4.74 Å². The second-order valence-corrected chi connectivity index (χ2v) is 10.5. The van der Waals surface area contributed by atoms with E-state index >= 15 is 0 Å². The van der Waals surface area contributed by atoms with Crippen LogP contribution in [0.4, 0.5) is 0 Å². The molecule has 5 atom stereocenters. The minimum absolute atomic E-state index is 0.358. The lowest BCUT2D eigenvalue weighted by molar-refractivity contribution is -0.000196. The summed E-state index contributed by atoms with van der Waals surface area (Å²) in [5, 5.41) is 2.63. The Bertz CT molecular complexity index is 1140. The van der Waals surface area contributed by atoms with Crippen molar-refractivity contribution in [3.05, 3.63) is 66.2 Å². The normalized spacial score (nSPS) is 36.2. The van der Waals surface area contributed by atoms with Crippen molar-refractivity contribution in [3.8, 4) is 16.9 Å². The number of methoxy groups -OCH3 is 1. The predicted molar refractivity (Wildman–Crippen MR) is 118 cm³/mol. The van der Waals surface area contributed by atoms with Crippen LogP contribution in [0.3, 0.4) is 0 Å². The van der Waals surface area contributed by atoms with Gasteiger partial charge in [-0.1, -0.05) is 42.5 Å². The fourth-order valence-corrected chi connectivity index (χ4v) is 8.34. The number of benzene rings is 3. The molecular weight excluding hydrogens is 352 g/mol. The van der Waals surface area contributed by atoms with E-state index in [1.54, 1.807) is 0 Å². The topological polar surface area (TPSA) is 9.23 Å². The van der Waals surface area contributed by atoms with E-state index in [-0.39, 0.29) is 0 Å². The van der Waals surface area contributed by atoms with E-state index in [1.165, 1.54) is 66.0 Å². The highest BCUT2D eigenvalue weighted by atomic mass is 16.5. The minimum atomic E-state index is 0.358. The zero-order valence-corrected chi connectivity index (χ0v) is 17.2. The lowest BCUT2D eigenvalue weighted by atomic mass is 9.55. The van der Waals surface area contributed by atoms with E-state index in [2.05, 4.69) is 60.7 Å². The van der Waals surface area contributed by atoms with Crippen LogP contribution >= 0.6 is 0 Å². The summed E-state index contributed by atoms with van der Waals surface area (Å²) in [5.74, 6) is 4.09. The molecule has 1 nitrogen and oxygen atoms in total. The van der Waals surface area contributed by atoms with Gasteiger partial charge >= 0.3 is 0 Å². The highest BCUT2D eigenvalue weighted by Crippen LogP contribution is 2.79. The summed E-state index contributed by atoms with van der Waals surface area (Å²) >= 11 is 0. The van der Waals surface area contributed by atoms with Gasteiger partial charge in [0.05, 0.1) is 7.11 Å². The summed E-state index contributed by atoms with van der Waals surface area (Å²) in [6, 6.07) is 22.5. The van der Waals surface area contributed by atoms with Gasteiger partial charge in [-0.2, -0.15) is 0 Å². The smallest absolute Gasteiger partial charge is 0.122 e. The molecule has 0 N–H and O–H groups in total. The first kappa shape index (κ1) is 16.5. The molecule has 0 aliphatic heterocycles. The van der Waals surface area contributed by atoms with Crippen LogP contribution < -0.4 is 4.74 Å². The molecule has 3 aromatic carbocycles. The van der Waals surface area contributed by atoms with Crippen molar-refractivity contribution in [3.63, 3.8) is 0 Å². The second-order valence-electron chi connectivity index (χ2n) is 10.5. The van der Waals surface area contributed by atoms with Crippen LogP contribution in [-0.4, -0.2) is 7.11 Å². The molecule has 7 rings (SSSR count). The van der Waals surface area contributed by atoms with Gasteiger partial charge < -0.3 is 4.74 Å². The Morgan fingerprint density at radius 3 is 2.52 bits per heavy atom. The average Bonchev–Trinajstić information content (AvgIpc) is 3.08. The van der Waals surface area contributed by atoms with E-state index in [9.17, 15) is 0 Å². The summed E-state index contributed by atoms with van der Waals surface area (Å²) < 4.78 is 5.94. The zero-order valence-electron chi connectivity index (χ0n) is 17.2. The number of hydrogen-bond acceptors (Lipinski definition) is 1. The van der Waals surface area contributed by atoms with Gasteiger partial charge in [-0.25, -0.2) is 0 Å². The molecule has 0 radical (unpaired) electrons. The fourth-order valence-electron chi connectivity index (χ4n) is 8.34. The average molecular weight is 381 g/mol. The van der Waals surface area contributed by atoms with Crippen molar-refractivity contribution in [2.75, 3.05) is 7.11 Å². The van der Waals surface area contributed by atoms with E-state index in [0.29, 0.717) is 10.8 Å². The van der Waals surface area contributed by atoms with Crippen LogP contribution in [0.15, 0.2) is 60.7 Å². The molecule has 1 spiro atoms. The second kappa shape index (κ2) is 5.45. The summed E-state index contributed by atoms with van der Waals surface area (Å²) in [6.45, 7) is 0. The monoisotopic (exact) mass is 380 g/mol. The third-order valence-corrected chi connectivity index (χ3v) is 9.32. The number of ether oxygens (including phenoxy) is 1. The maximum Gasteiger partial charge on any atom is 0.122 e. The summed E-state index contributed by atoms with van der Waals surface area (Å²) in [4.78, 5) is 0. The molecule has 3 aromatic rings. The molecule has 5 unspecified atom stereocenters. The summed E-state index contributed by atoms with van der Waals surface area (Å²) in [6.07, 6.45) is 8.74. The molecule has 1 heteroatoms. The molecule has 0 aromatic heterocycles. The summed E-state index contributed by atoms with van der Waals surface area (Å²) in [7, 11) is 1.85. The molecule has 29 heavy (non-hydrogen) atoms. The summed E-state index contributed by atoms with van der Waals surface area (Å²) in [5.41, 5.74) is 5.22. The molecule has 4 aliphatic carbocycles. The van der Waals surface area contributed by atoms with Crippen molar-refractivity contribution in [2.24, 2.45) is 23.2 Å². The molecule has 0 heterocycles. The quantitative estimate of drug-likeness (QED) is 0.476. The SMILES string of the molecule is COc1ccc(-c2ccc3ccccc3c2)cc1C12CC3CC4CC(C1)C4(C3)C2. The van der Waals surface area contributed by atoms with Crippen LogP contribution in [0, 0.1) is 23.2 Å². The fraction of sp³-hybridized carbons (Fsp3) is 0.429. The Morgan fingerprint density at radius 1 is 0.793 bits per heavy atom. The third-order valence-electron chi connectivity index (χ3n) is 9.32. The molecule has 0 saturated heterocycles. The van der Waals surface area contributed by atoms with Gasteiger partial charge in [0, 0.05) is 11.0 Å². The van der Waals surface area contributed by atoms with Crippen molar-refractivity contribution < 1.29 is 4.74 Å². The minimum Gasteiger partial charge on any atom is -0.496 e. The Balaban J connectivity index is 1.36. The lowest BCUT2D eigenvalue weighted by Crippen LogP contribution is -2.42. The molecule has 146 valence electrons. The Labute approximate surface area is 173 Å². The van der Waals surface area contributed by atoms with E-state index in [1.807, 2.05) is 7.11 Å². The van der Waals surface area contributed by atoms with Crippen molar-refractivity contribution in [1.82, 2.24) is 0 Å². The molecule has 0 amide bonds. The van der Waals surface area contributed by atoms with Gasteiger partial charge in [-0.05, 0) is 102 Å². The van der Waals surface area contributed by atoms with E-state index in [0.717, 1.165) is 23.5 Å². The molecule has 4 saturated carbocycles. The van der Waals surface area contributed by atoms with Gasteiger partial charge in [-0.3, -0.25) is 0 Å². The standard InChI is InChI=1S/C28H28O/c1-29-26-9-8-22(21-7-6-19-4-2-3-5-20(19)11-21)12-25(26)27-14-18-10-23-13-24(16-27)28(23,15-18)17-27/h2-9,11-12,18,23-24H,10,13-17H2,1H3. The number of hydrogen-bond donors (Lipinski definition) is 0.